The molecule has 0 aromatic rings. The molecule has 0 aliphatic heterocycles. The van der Waals surface area contributed by atoms with Gasteiger partial charge in [0.25, 0.3) is 0 Å². The molecule has 0 spiro atoms. The largest absolute Gasteiger partial charge is 0.394 e. The molecule has 0 unspecified atom stereocenters. The summed E-state index contributed by atoms with van der Waals surface area (Å²) in [5.41, 5.74) is 5.07. The third-order valence-corrected chi connectivity index (χ3v) is 2.92. The molecule has 1 saturated carbocycles. The van der Waals surface area contributed by atoms with E-state index in [1.54, 1.807) is 6.92 Å². The van der Waals surface area contributed by atoms with Gasteiger partial charge in [0.05, 0.1) is 18.2 Å². The fourth-order valence-corrected chi connectivity index (χ4v) is 1.93. The van der Waals surface area contributed by atoms with Crippen molar-refractivity contribution < 1.29 is 9.90 Å². The quantitative estimate of drug-likeness (QED) is 0.607. The zero-order valence-corrected chi connectivity index (χ0v) is 8.75. The van der Waals surface area contributed by atoms with Gasteiger partial charge < -0.3 is 16.2 Å². The molecular weight excluding hydrogens is 180 g/mol. The summed E-state index contributed by atoms with van der Waals surface area (Å²) in [5, 5.41) is 12.2. The first kappa shape index (κ1) is 11.5. The average Bonchev–Trinajstić information content (AvgIpc) is 2.19. The first-order chi connectivity index (χ1) is 6.59. The maximum atomic E-state index is 11.4. The molecule has 0 heterocycles. The summed E-state index contributed by atoms with van der Waals surface area (Å²) < 4.78 is 0. The first-order valence-electron chi connectivity index (χ1n) is 5.28. The van der Waals surface area contributed by atoms with Crippen LogP contribution in [0.4, 0.5) is 0 Å². The van der Waals surface area contributed by atoms with Gasteiger partial charge in [-0.1, -0.05) is 19.3 Å². The molecule has 1 rings (SSSR count). The van der Waals surface area contributed by atoms with Gasteiger partial charge in [0.1, 0.15) is 0 Å². The number of hydrogen-bond acceptors (Lipinski definition) is 3. The molecule has 0 aromatic heterocycles. The van der Waals surface area contributed by atoms with Crippen LogP contribution in [0, 0.1) is 0 Å². The normalized spacial score (nSPS) is 22.8. The van der Waals surface area contributed by atoms with Gasteiger partial charge in [-0.25, -0.2) is 0 Å². The maximum absolute atomic E-state index is 11.4. The molecular formula is C10H20N2O2. The molecule has 82 valence electrons. The smallest absolute Gasteiger partial charge is 0.237 e. The standard InChI is InChI=1S/C10H20N2O2/c1-8(11)9(14)12-10(7-13)5-3-2-4-6-10/h8,13H,2-7,11H2,1H3,(H,12,14)/t8-/m0/s1. The summed E-state index contributed by atoms with van der Waals surface area (Å²) in [6.45, 7) is 1.68. The summed E-state index contributed by atoms with van der Waals surface area (Å²) in [6, 6.07) is -0.500. The van der Waals surface area contributed by atoms with E-state index in [2.05, 4.69) is 5.32 Å². The number of nitrogens with one attached hydrogen (secondary N) is 1. The molecule has 0 radical (unpaired) electrons. The van der Waals surface area contributed by atoms with Crippen molar-refractivity contribution in [3.8, 4) is 0 Å². The Morgan fingerprint density at radius 1 is 1.50 bits per heavy atom. The molecule has 1 aliphatic carbocycles. The van der Waals surface area contributed by atoms with Crippen LogP contribution in [0.15, 0.2) is 0 Å². The first-order valence-corrected chi connectivity index (χ1v) is 5.28. The average molecular weight is 200 g/mol. The minimum absolute atomic E-state index is 0.0193. The lowest BCUT2D eigenvalue weighted by Gasteiger charge is -2.36. The maximum Gasteiger partial charge on any atom is 0.237 e. The van der Waals surface area contributed by atoms with E-state index in [-0.39, 0.29) is 12.5 Å². The highest BCUT2D eigenvalue weighted by atomic mass is 16.3. The summed E-state index contributed by atoms with van der Waals surface area (Å²) >= 11 is 0. The number of rotatable bonds is 3. The summed E-state index contributed by atoms with van der Waals surface area (Å²) in [4.78, 5) is 11.4. The van der Waals surface area contributed by atoms with Gasteiger partial charge in [0, 0.05) is 0 Å². The Morgan fingerprint density at radius 3 is 2.50 bits per heavy atom. The van der Waals surface area contributed by atoms with Gasteiger partial charge >= 0.3 is 0 Å². The molecule has 0 saturated heterocycles. The predicted molar refractivity (Wildman–Crippen MR) is 54.7 cm³/mol. The molecule has 0 bridgehead atoms. The Balaban J connectivity index is 2.56. The number of aliphatic hydroxyl groups excluding tert-OH is 1. The molecule has 0 aromatic carbocycles. The second kappa shape index (κ2) is 4.75. The fourth-order valence-electron chi connectivity index (χ4n) is 1.93. The monoisotopic (exact) mass is 200 g/mol. The van der Waals surface area contributed by atoms with E-state index in [1.807, 2.05) is 0 Å². The zero-order valence-electron chi connectivity index (χ0n) is 8.75. The molecule has 4 nitrogen and oxygen atoms in total. The highest BCUT2D eigenvalue weighted by Crippen LogP contribution is 2.27. The van der Waals surface area contributed by atoms with Crippen molar-refractivity contribution in [1.29, 1.82) is 0 Å². The highest BCUT2D eigenvalue weighted by Gasteiger charge is 2.33. The topological polar surface area (TPSA) is 75.4 Å². The lowest BCUT2D eigenvalue weighted by molar-refractivity contribution is -0.125. The predicted octanol–water partition coefficient (Wildman–Crippen LogP) is 0.145. The highest BCUT2D eigenvalue weighted by molar-refractivity contribution is 5.81. The van der Waals surface area contributed by atoms with E-state index in [4.69, 9.17) is 5.73 Å². The Kier molecular flexibility index (Phi) is 3.89. The van der Waals surface area contributed by atoms with E-state index in [0.717, 1.165) is 25.7 Å². The van der Waals surface area contributed by atoms with Crippen LogP contribution in [-0.4, -0.2) is 29.2 Å². The molecule has 1 amide bonds. The van der Waals surface area contributed by atoms with Crippen molar-refractivity contribution in [3.05, 3.63) is 0 Å². The van der Waals surface area contributed by atoms with Crippen molar-refractivity contribution in [1.82, 2.24) is 5.32 Å². The van der Waals surface area contributed by atoms with Gasteiger partial charge in [-0.2, -0.15) is 0 Å². The van der Waals surface area contributed by atoms with Crippen molar-refractivity contribution in [2.45, 2.75) is 50.6 Å². The third kappa shape index (κ3) is 2.69. The minimum atomic E-state index is -0.500. The summed E-state index contributed by atoms with van der Waals surface area (Å²) in [5.74, 6) is -0.166. The Morgan fingerprint density at radius 2 is 2.07 bits per heavy atom. The number of aliphatic hydroxyl groups is 1. The van der Waals surface area contributed by atoms with Gasteiger partial charge in [-0.3, -0.25) is 4.79 Å². The number of amides is 1. The SMILES string of the molecule is C[C@H](N)C(=O)NC1(CO)CCCCC1. The van der Waals surface area contributed by atoms with E-state index < -0.39 is 11.6 Å². The summed E-state index contributed by atoms with van der Waals surface area (Å²) in [7, 11) is 0. The molecule has 1 aliphatic rings. The lowest BCUT2D eigenvalue weighted by Crippen LogP contribution is -2.56. The Hall–Kier alpha value is -0.610. The van der Waals surface area contributed by atoms with Crippen LogP contribution in [-0.2, 0) is 4.79 Å². The van der Waals surface area contributed by atoms with E-state index >= 15 is 0 Å². The Bertz CT molecular complexity index is 198. The Labute approximate surface area is 84.9 Å². The van der Waals surface area contributed by atoms with Gasteiger partial charge in [-0.15, -0.1) is 0 Å². The lowest BCUT2D eigenvalue weighted by atomic mass is 9.82. The van der Waals surface area contributed by atoms with Crippen LogP contribution in [0.2, 0.25) is 0 Å². The zero-order chi connectivity index (χ0) is 10.6. The number of carbonyl (C=O) groups excluding carboxylic acids is 1. The van der Waals surface area contributed by atoms with Crippen LogP contribution in [0.3, 0.4) is 0 Å². The van der Waals surface area contributed by atoms with E-state index in [1.165, 1.54) is 6.42 Å². The van der Waals surface area contributed by atoms with Crippen molar-refractivity contribution in [2.24, 2.45) is 5.73 Å². The number of hydrogen-bond donors (Lipinski definition) is 3. The van der Waals surface area contributed by atoms with Crippen molar-refractivity contribution in [2.75, 3.05) is 6.61 Å². The molecule has 14 heavy (non-hydrogen) atoms. The second-order valence-corrected chi connectivity index (χ2v) is 4.28. The fraction of sp³-hybridized carbons (Fsp3) is 0.900. The molecule has 4 heteroatoms. The third-order valence-electron chi connectivity index (χ3n) is 2.92. The molecule has 1 atom stereocenters. The molecule has 4 N–H and O–H groups in total. The second-order valence-electron chi connectivity index (χ2n) is 4.28. The van der Waals surface area contributed by atoms with Crippen molar-refractivity contribution in [3.63, 3.8) is 0 Å². The van der Waals surface area contributed by atoms with E-state index in [9.17, 15) is 9.90 Å². The minimum Gasteiger partial charge on any atom is -0.394 e. The van der Waals surface area contributed by atoms with Crippen LogP contribution < -0.4 is 11.1 Å². The van der Waals surface area contributed by atoms with Crippen LogP contribution in [0.5, 0.6) is 0 Å². The van der Waals surface area contributed by atoms with Gasteiger partial charge in [-0.05, 0) is 19.8 Å². The van der Waals surface area contributed by atoms with Crippen molar-refractivity contribution >= 4 is 5.91 Å². The molecule has 1 fully saturated rings. The van der Waals surface area contributed by atoms with Crippen LogP contribution >= 0.6 is 0 Å². The van der Waals surface area contributed by atoms with Gasteiger partial charge in [0.2, 0.25) is 5.91 Å². The summed E-state index contributed by atoms with van der Waals surface area (Å²) in [6.07, 6.45) is 5.05. The van der Waals surface area contributed by atoms with E-state index in [0.29, 0.717) is 0 Å². The van der Waals surface area contributed by atoms with Crippen LogP contribution in [0.1, 0.15) is 39.0 Å². The van der Waals surface area contributed by atoms with Crippen LogP contribution in [0.25, 0.3) is 0 Å². The number of nitrogens with two attached hydrogens (primary N) is 1. The number of carbonyl (C=O) groups is 1. The van der Waals surface area contributed by atoms with Gasteiger partial charge in [0.15, 0.2) is 0 Å².